The molecule has 202 valence electrons. The molecule has 1 N–H and O–H groups in total. The normalized spacial score (nSPS) is 12.0. The monoisotopic (exact) mass is 537 g/mol. The first-order chi connectivity index (χ1) is 18.1. The van der Waals surface area contributed by atoms with Gasteiger partial charge in [0, 0.05) is 12.6 Å². The predicted octanol–water partition coefficient (Wildman–Crippen LogP) is 4.22. The van der Waals surface area contributed by atoms with E-state index in [0.717, 1.165) is 9.87 Å². The fourth-order valence-electron chi connectivity index (χ4n) is 3.89. The van der Waals surface area contributed by atoms with Crippen molar-refractivity contribution >= 4 is 27.5 Å². The smallest absolute Gasteiger partial charge is 0.264 e. The van der Waals surface area contributed by atoms with Gasteiger partial charge in [-0.3, -0.25) is 13.9 Å². The predicted molar refractivity (Wildman–Crippen MR) is 148 cm³/mol. The van der Waals surface area contributed by atoms with E-state index >= 15 is 0 Å². The number of amides is 2. The van der Waals surface area contributed by atoms with Crippen LogP contribution in [0.2, 0.25) is 0 Å². The minimum absolute atomic E-state index is 0.0573. The minimum atomic E-state index is -4.10. The van der Waals surface area contributed by atoms with Gasteiger partial charge in [-0.15, -0.1) is 0 Å². The third kappa shape index (κ3) is 7.35. The van der Waals surface area contributed by atoms with Crippen LogP contribution in [0, 0.1) is 0 Å². The summed E-state index contributed by atoms with van der Waals surface area (Å²) >= 11 is 0. The van der Waals surface area contributed by atoms with Crippen LogP contribution >= 0.6 is 0 Å². The number of benzene rings is 3. The maximum atomic E-state index is 13.8. The summed E-state index contributed by atoms with van der Waals surface area (Å²) in [6.45, 7) is 7.31. The summed E-state index contributed by atoms with van der Waals surface area (Å²) in [4.78, 5) is 28.2. The Morgan fingerprint density at radius 3 is 2.00 bits per heavy atom. The summed E-state index contributed by atoms with van der Waals surface area (Å²) in [7, 11) is -4.10. The molecule has 0 aliphatic carbocycles. The number of hydrogen-bond donors (Lipinski definition) is 1. The van der Waals surface area contributed by atoms with Crippen LogP contribution in [0.4, 0.5) is 5.69 Å². The van der Waals surface area contributed by atoms with Gasteiger partial charge in [0.05, 0.1) is 17.2 Å². The number of carbonyl (C=O) groups is 2. The summed E-state index contributed by atoms with van der Waals surface area (Å²) in [5, 5.41) is 2.84. The van der Waals surface area contributed by atoms with Gasteiger partial charge in [-0.1, -0.05) is 48.5 Å². The average molecular weight is 538 g/mol. The molecule has 0 fully saturated rings. The van der Waals surface area contributed by atoms with Gasteiger partial charge in [0.1, 0.15) is 18.3 Å². The quantitative estimate of drug-likeness (QED) is 0.373. The number of ether oxygens (including phenoxy) is 1. The molecule has 0 unspecified atom stereocenters. The Labute approximate surface area is 225 Å². The molecule has 9 heteroatoms. The molecule has 0 radical (unpaired) electrons. The highest BCUT2D eigenvalue weighted by molar-refractivity contribution is 7.92. The Morgan fingerprint density at radius 1 is 0.868 bits per heavy atom. The standard InChI is InChI=1S/C29H35N3O5S/c1-5-37-26-18-16-25(17-19-26)32(38(35,36)27-14-10-7-11-15-27)21-28(33)31(20-24-12-8-6-9-13-24)23(4)29(34)30-22(2)3/h6-19,22-23H,5,20-21H2,1-4H3,(H,30,34)/t23-/m0/s1. The molecule has 8 nitrogen and oxygen atoms in total. The van der Waals surface area contributed by atoms with Gasteiger partial charge in [-0.2, -0.15) is 0 Å². The highest BCUT2D eigenvalue weighted by Crippen LogP contribution is 2.26. The van der Waals surface area contributed by atoms with E-state index in [2.05, 4.69) is 5.32 Å². The zero-order valence-corrected chi connectivity index (χ0v) is 23.0. The van der Waals surface area contributed by atoms with E-state index in [1.54, 1.807) is 49.4 Å². The maximum Gasteiger partial charge on any atom is 0.264 e. The Hall–Kier alpha value is -3.85. The third-order valence-electron chi connectivity index (χ3n) is 5.84. The minimum Gasteiger partial charge on any atom is -0.494 e. The molecule has 0 saturated carbocycles. The van der Waals surface area contributed by atoms with Crippen molar-refractivity contribution in [3.05, 3.63) is 90.5 Å². The average Bonchev–Trinajstić information content (AvgIpc) is 2.91. The first-order valence-corrected chi connectivity index (χ1v) is 14.0. The molecule has 0 aliphatic rings. The SMILES string of the molecule is CCOc1ccc(N(CC(=O)N(Cc2ccccc2)[C@@H](C)C(=O)NC(C)C)S(=O)(=O)c2ccccc2)cc1. The molecule has 3 aromatic carbocycles. The van der Waals surface area contributed by atoms with Crippen LogP contribution in [0.3, 0.4) is 0 Å². The number of nitrogens with zero attached hydrogens (tertiary/aromatic N) is 2. The second-order valence-electron chi connectivity index (χ2n) is 9.10. The zero-order chi connectivity index (χ0) is 27.7. The van der Waals surface area contributed by atoms with Crippen LogP contribution in [0.1, 0.15) is 33.3 Å². The van der Waals surface area contributed by atoms with Crippen molar-refractivity contribution in [2.75, 3.05) is 17.5 Å². The summed E-state index contributed by atoms with van der Waals surface area (Å²) in [5.74, 6) is -0.235. The van der Waals surface area contributed by atoms with Gasteiger partial charge >= 0.3 is 0 Å². The lowest BCUT2D eigenvalue weighted by molar-refractivity contribution is -0.139. The van der Waals surface area contributed by atoms with Crippen LogP contribution in [0.15, 0.2) is 89.8 Å². The number of rotatable bonds is 12. The van der Waals surface area contributed by atoms with Crippen molar-refractivity contribution in [3.63, 3.8) is 0 Å². The first-order valence-electron chi connectivity index (χ1n) is 12.6. The number of hydrogen-bond acceptors (Lipinski definition) is 5. The second-order valence-corrected chi connectivity index (χ2v) is 11.0. The Kier molecular flexibility index (Phi) is 9.90. The fourth-order valence-corrected chi connectivity index (χ4v) is 5.33. The van der Waals surface area contributed by atoms with Crippen LogP contribution in [-0.4, -0.2) is 50.4 Å². The largest absolute Gasteiger partial charge is 0.494 e. The second kappa shape index (κ2) is 13.1. The van der Waals surface area contributed by atoms with E-state index in [4.69, 9.17) is 4.74 Å². The van der Waals surface area contributed by atoms with Gasteiger partial charge in [0.15, 0.2) is 0 Å². The highest BCUT2D eigenvalue weighted by atomic mass is 32.2. The third-order valence-corrected chi connectivity index (χ3v) is 7.63. The molecule has 0 heterocycles. The molecule has 38 heavy (non-hydrogen) atoms. The van der Waals surface area contributed by atoms with Crippen LogP contribution in [0.25, 0.3) is 0 Å². The molecule has 3 rings (SSSR count). The van der Waals surface area contributed by atoms with E-state index in [0.29, 0.717) is 18.0 Å². The topological polar surface area (TPSA) is 96.0 Å². The molecule has 3 aromatic rings. The van der Waals surface area contributed by atoms with Crippen molar-refractivity contribution in [2.24, 2.45) is 0 Å². The van der Waals surface area contributed by atoms with Crippen LogP contribution < -0.4 is 14.4 Å². The Balaban J connectivity index is 2.00. The van der Waals surface area contributed by atoms with Crippen molar-refractivity contribution in [2.45, 2.75) is 51.2 Å². The molecule has 0 bridgehead atoms. The van der Waals surface area contributed by atoms with E-state index in [1.807, 2.05) is 51.1 Å². The highest BCUT2D eigenvalue weighted by Gasteiger charge is 2.32. The van der Waals surface area contributed by atoms with Gasteiger partial charge in [-0.05, 0) is 69.7 Å². The maximum absolute atomic E-state index is 13.8. The molecular formula is C29H35N3O5S. The lowest BCUT2D eigenvalue weighted by Crippen LogP contribution is -2.52. The number of nitrogens with one attached hydrogen (secondary N) is 1. The summed E-state index contributed by atoms with van der Waals surface area (Å²) in [6.07, 6.45) is 0. The first kappa shape index (κ1) is 28.7. The van der Waals surface area contributed by atoms with Gasteiger partial charge in [-0.25, -0.2) is 8.42 Å². The fraction of sp³-hybridized carbons (Fsp3) is 0.310. The number of carbonyl (C=O) groups excluding carboxylic acids is 2. The van der Waals surface area contributed by atoms with Crippen molar-refractivity contribution in [3.8, 4) is 5.75 Å². The van der Waals surface area contributed by atoms with Crippen LogP contribution in [0.5, 0.6) is 5.75 Å². The van der Waals surface area contributed by atoms with Gasteiger partial charge < -0.3 is 15.0 Å². The molecule has 0 aromatic heterocycles. The Morgan fingerprint density at radius 2 is 1.45 bits per heavy atom. The zero-order valence-electron chi connectivity index (χ0n) is 22.2. The summed E-state index contributed by atoms with van der Waals surface area (Å²) in [6, 6.07) is 22.8. The molecular weight excluding hydrogens is 502 g/mol. The molecule has 0 saturated heterocycles. The molecule has 1 atom stereocenters. The Bertz CT molecular complexity index is 1300. The number of sulfonamides is 1. The van der Waals surface area contributed by atoms with Crippen LogP contribution in [-0.2, 0) is 26.2 Å². The van der Waals surface area contributed by atoms with E-state index in [9.17, 15) is 18.0 Å². The van der Waals surface area contributed by atoms with Crippen molar-refractivity contribution in [1.29, 1.82) is 0 Å². The summed E-state index contributed by atoms with van der Waals surface area (Å²) in [5.41, 5.74) is 1.13. The molecule has 0 spiro atoms. The lowest BCUT2D eigenvalue weighted by atomic mass is 10.1. The van der Waals surface area contributed by atoms with Crippen molar-refractivity contribution in [1.82, 2.24) is 10.2 Å². The lowest BCUT2D eigenvalue weighted by Gasteiger charge is -2.32. The summed E-state index contributed by atoms with van der Waals surface area (Å²) < 4.78 is 34.1. The molecule has 0 aliphatic heterocycles. The number of anilines is 1. The van der Waals surface area contributed by atoms with E-state index in [1.165, 1.54) is 17.0 Å². The molecule has 2 amide bonds. The van der Waals surface area contributed by atoms with Crippen molar-refractivity contribution < 1.29 is 22.7 Å². The van der Waals surface area contributed by atoms with Gasteiger partial charge in [0.25, 0.3) is 10.0 Å². The van der Waals surface area contributed by atoms with E-state index in [-0.39, 0.29) is 23.4 Å². The van der Waals surface area contributed by atoms with Gasteiger partial charge in [0.2, 0.25) is 11.8 Å². The van der Waals surface area contributed by atoms with E-state index < -0.39 is 28.5 Å².